The fourth-order valence-electron chi connectivity index (χ4n) is 1.10. The molecule has 0 saturated carbocycles. The Hall–Kier alpha value is -1.86. The van der Waals surface area contributed by atoms with Gasteiger partial charge in [-0.2, -0.15) is 5.26 Å². The average Bonchev–Trinajstić information content (AvgIpc) is 2.25. The van der Waals surface area contributed by atoms with Gasteiger partial charge in [0.25, 0.3) is 0 Å². The van der Waals surface area contributed by atoms with Crippen LogP contribution in [0.15, 0.2) is 30.3 Å². The zero-order valence-electron chi connectivity index (χ0n) is 8.22. The van der Waals surface area contributed by atoms with Crippen LogP contribution in [-0.4, -0.2) is 12.0 Å². The highest BCUT2D eigenvalue weighted by Gasteiger charge is 2.14. The van der Waals surface area contributed by atoms with Crippen LogP contribution in [0.4, 0.5) is 0 Å². The van der Waals surface area contributed by atoms with E-state index in [4.69, 9.17) is 15.7 Å². The molecule has 2 N–H and O–H groups in total. The maximum Gasteiger partial charge on any atom is 0.247 e. The van der Waals surface area contributed by atoms with Gasteiger partial charge in [0.2, 0.25) is 5.91 Å². The van der Waals surface area contributed by atoms with E-state index in [0.29, 0.717) is 0 Å². The van der Waals surface area contributed by atoms with Gasteiger partial charge in [-0.1, -0.05) is 30.3 Å². The molecule has 1 amide bonds. The largest absolute Gasteiger partial charge is 0.367 e. The van der Waals surface area contributed by atoms with E-state index < -0.39 is 12.0 Å². The number of nitriles is 1. The fraction of sp³-hybridized carbons (Fsp3) is 0.273. The van der Waals surface area contributed by atoms with Gasteiger partial charge in [0.05, 0.1) is 19.1 Å². The molecule has 0 aliphatic carbocycles. The van der Waals surface area contributed by atoms with Crippen molar-refractivity contribution in [2.75, 3.05) is 0 Å². The van der Waals surface area contributed by atoms with Crippen molar-refractivity contribution in [1.29, 1.82) is 5.26 Å². The Balaban J connectivity index is 2.48. The first-order valence-electron chi connectivity index (χ1n) is 4.56. The molecule has 4 nitrogen and oxygen atoms in total. The van der Waals surface area contributed by atoms with Crippen LogP contribution in [0.5, 0.6) is 0 Å². The van der Waals surface area contributed by atoms with Gasteiger partial charge < -0.3 is 10.5 Å². The molecular formula is C11H12N2O2. The van der Waals surface area contributed by atoms with Gasteiger partial charge in [0.15, 0.2) is 0 Å². The second kappa shape index (κ2) is 5.78. The number of amides is 1. The van der Waals surface area contributed by atoms with Crippen LogP contribution < -0.4 is 5.73 Å². The van der Waals surface area contributed by atoms with Gasteiger partial charge >= 0.3 is 0 Å². The Kier molecular flexibility index (Phi) is 4.32. The number of ether oxygens (including phenoxy) is 1. The van der Waals surface area contributed by atoms with Gasteiger partial charge in [-0.3, -0.25) is 4.79 Å². The normalized spacial score (nSPS) is 11.7. The van der Waals surface area contributed by atoms with E-state index in [0.717, 1.165) is 5.56 Å². The molecule has 1 unspecified atom stereocenters. The lowest BCUT2D eigenvalue weighted by atomic mass is 10.2. The van der Waals surface area contributed by atoms with Gasteiger partial charge in [0.1, 0.15) is 6.10 Å². The number of hydrogen-bond donors (Lipinski definition) is 1. The number of benzene rings is 1. The third kappa shape index (κ3) is 3.79. The number of nitrogens with zero attached hydrogens (tertiary/aromatic N) is 1. The Morgan fingerprint density at radius 2 is 2.13 bits per heavy atom. The summed E-state index contributed by atoms with van der Waals surface area (Å²) in [6, 6.07) is 11.3. The SMILES string of the molecule is N#CCC(OCc1ccccc1)C(N)=O. The summed E-state index contributed by atoms with van der Waals surface area (Å²) in [6.07, 6.45) is -0.836. The van der Waals surface area contributed by atoms with E-state index in [2.05, 4.69) is 0 Å². The monoisotopic (exact) mass is 204 g/mol. The smallest absolute Gasteiger partial charge is 0.247 e. The van der Waals surface area contributed by atoms with E-state index >= 15 is 0 Å². The van der Waals surface area contributed by atoms with E-state index in [1.54, 1.807) is 0 Å². The summed E-state index contributed by atoms with van der Waals surface area (Å²) < 4.78 is 5.23. The maximum atomic E-state index is 10.9. The van der Waals surface area contributed by atoms with Crippen molar-refractivity contribution in [3.05, 3.63) is 35.9 Å². The summed E-state index contributed by atoms with van der Waals surface area (Å²) in [7, 11) is 0. The minimum atomic E-state index is -0.824. The quantitative estimate of drug-likeness (QED) is 0.776. The molecule has 1 atom stereocenters. The van der Waals surface area contributed by atoms with Gasteiger partial charge in [0, 0.05) is 0 Å². The zero-order chi connectivity index (χ0) is 11.1. The van der Waals surface area contributed by atoms with Gasteiger partial charge in [-0.25, -0.2) is 0 Å². The van der Waals surface area contributed by atoms with E-state index in [-0.39, 0.29) is 13.0 Å². The number of carbonyl (C=O) groups is 1. The Morgan fingerprint density at radius 3 is 2.67 bits per heavy atom. The minimum Gasteiger partial charge on any atom is -0.367 e. The molecule has 0 aromatic heterocycles. The topological polar surface area (TPSA) is 76.1 Å². The highest BCUT2D eigenvalue weighted by atomic mass is 16.5. The molecular weight excluding hydrogens is 192 g/mol. The number of rotatable bonds is 5. The van der Waals surface area contributed by atoms with Crippen LogP contribution >= 0.6 is 0 Å². The lowest BCUT2D eigenvalue weighted by molar-refractivity contribution is -0.129. The van der Waals surface area contributed by atoms with Crippen LogP contribution in [-0.2, 0) is 16.1 Å². The number of nitrogens with two attached hydrogens (primary N) is 1. The summed E-state index contributed by atoms with van der Waals surface area (Å²) in [5.41, 5.74) is 6.02. The van der Waals surface area contributed by atoms with Gasteiger partial charge in [-0.05, 0) is 5.56 Å². The molecule has 0 bridgehead atoms. The van der Waals surface area contributed by atoms with Crippen molar-refractivity contribution in [3.8, 4) is 6.07 Å². The Bertz CT molecular complexity index is 357. The van der Waals surface area contributed by atoms with Crippen molar-refractivity contribution in [2.24, 2.45) is 5.73 Å². The second-order valence-corrected chi connectivity index (χ2v) is 3.05. The molecule has 0 aliphatic rings. The standard InChI is InChI=1S/C11H12N2O2/c12-7-6-10(11(13)14)15-8-9-4-2-1-3-5-9/h1-5,10H,6,8H2,(H2,13,14). The van der Waals surface area contributed by atoms with E-state index in [1.807, 2.05) is 36.4 Å². The van der Waals surface area contributed by atoms with Crippen molar-refractivity contribution < 1.29 is 9.53 Å². The summed E-state index contributed by atoms with van der Waals surface area (Å²) in [5.74, 6) is -0.604. The van der Waals surface area contributed by atoms with Crippen LogP contribution in [0.25, 0.3) is 0 Å². The summed E-state index contributed by atoms with van der Waals surface area (Å²) in [6.45, 7) is 0.288. The maximum absolute atomic E-state index is 10.9. The lowest BCUT2D eigenvalue weighted by Crippen LogP contribution is -2.30. The van der Waals surface area contributed by atoms with E-state index in [1.165, 1.54) is 0 Å². The molecule has 0 fully saturated rings. The minimum absolute atomic E-state index is 0.0117. The van der Waals surface area contributed by atoms with Crippen molar-refractivity contribution in [1.82, 2.24) is 0 Å². The van der Waals surface area contributed by atoms with Gasteiger partial charge in [-0.15, -0.1) is 0 Å². The molecule has 0 spiro atoms. The molecule has 0 saturated heterocycles. The van der Waals surface area contributed by atoms with Crippen molar-refractivity contribution in [3.63, 3.8) is 0 Å². The Morgan fingerprint density at radius 1 is 1.47 bits per heavy atom. The molecule has 4 heteroatoms. The van der Waals surface area contributed by atoms with Crippen molar-refractivity contribution >= 4 is 5.91 Å². The van der Waals surface area contributed by atoms with Crippen LogP contribution in [0, 0.1) is 11.3 Å². The highest BCUT2D eigenvalue weighted by molar-refractivity contribution is 5.79. The molecule has 1 aromatic rings. The Labute approximate surface area is 88.3 Å². The fourth-order valence-corrected chi connectivity index (χ4v) is 1.10. The number of primary amides is 1. The summed E-state index contributed by atoms with van der Waals surface area (Å²) >= 11 is 0. The van der Waals surface area contributed by atoms with Crippen LogP contribution in [0.3, 0.4) is 0 Å². The molecule has 1 aromatic carbocycles. The number of carbonyl (C=O) groups excluding carboxylic acids is 1. The number of hydrogen-bond acceptors (Lipinski definition) is 3. The van der Waals surface area contributed by atoms with Crippen molar-refractivity contribution in [2.45, 2.75) is 19.1 Å². The third-order valence-corrected chi connectivity index (χ3v) is 1.89. The summed E-state index contributed by atoms with van der Waals surface area (Å²) in [5, 5.41) is 8.44. The molecule has 78 valence electrons. The highest BCUT2D eigenvalue weighted by Crippen LogP contribution is 2.05. The predicted molar refractivity (Wildman–Crippen MR) is 54.4 cm³/mol. The van der Waals surface area contributed by atoms with Crippen LogP contribution in [0.1, 0.15) is 12.0 Å². The first kappa shape index (κ1) is 11.2. The predicted octanol–water partition coefficient (Wildman–Crippen LogP) is 0.971. The average molecular weight is 204 g/mol. The van der Waals surface area contributed by atoms with E-state index in [9.17, 15) is 4.79 Å². The molecule has 0 radical (unpaired) electrons. The summed E-state index contributed by atoms with van der Waals surface area (Å²) in [4.78, 5) is 10.9. The third-order valence-electron chi connectivity index (χ3n) is 1.89. The molecule has 0 heterocycles. The zero-order valence-corrected chi connectivity index (χ0v) is 8.22. The first-order valence-corrected chi connectivity index (χ1v) is 4.56. The molecule has 15 heavy (non-hydrogen) atoms. The first-order chi connectivity index (χ1) is 7.24. The molecule has 1 rings (SSSR count). The molecule has 0 aliphatic heterocycles. The van der Waals surface area contributed by atoms with Crippen LogP contribution in [0.2, 0.25) is 0 Å². The second-order valence-electron chi connectivity index (χ2n) is 3.05. The lowest BCUT2D eigenvalue weighted by Gasteiger charge is -2.10.